The average molecular weight is 136 g/mol. The molecule has 3 N–H and O–H groups in total. The zero-order valence-corrected chi connectivity index (χ0v) is 5.57. The first-order valence-electron chi connectivity index (χ1n) is 2.45. The molecule has 0 spiro atoms. The number of nitrogens with zero attached hydrogens (tertiary/aromatic N) is 1. The second kappa shape index (κ2) is 3.55. The summed E-state index contributed by atoms with van der Waals surface area (Å²) in [5.74, 6) is -0.0893. The number of rotatable bonds is 2. The summed E-state index contributed by atoms with van der Waals surface area (Å²) >= 11 is 5.40. The van der Waals surface area contributed by atoms with Gasteiger partial charge in [0.1, 0.15) is 0 Å². The van der Waals surface area contributed by atoms with Crippen LogP contribution in [0.2, 0.25) is 0 Å². The van der Waals surface area contributed by atoms with Crippen molar-refractivity contribution in [1.82, 2.24) is 4.42 Å². The monoisotopic (exact) mass is 135 g/mol. The Bertz CT molecular complexity index is 83.4. The van der Waals surface area contributed by atoms with Crippen molar-refractivity contribution < 1.29 is 0 Å². The highest BCUT2D eigenvalue weighted by atomic mass is 35.5. The molecule has 0 aliphatic heterocycles. The van der Waals surface area contributed by atoms with Crippen molar-refractivity contribution in [3.63, 3.8) is 0 Å². The van der Waals surface area contributed by atoms with Crippen molar-refractivity contribution in [3.8, 4) is 0 Å². The summed E-state index contributed by atoms with van der Waals surface area (Å²) in [4.78, 5) is 0. The lowest BCUT2D eigenvalue weighted by atomic mass is 10.5. The van der Waals surface area contributed by atoms with Gasteiger partial charge in [0.2, 0.25) is 5.96 Å². The first-order valence-corrected chi connectivity index (χ1v) is 2.79. The molecule has 0 aliphatic rings. The molecule has 0 heterocycles. The van der Waals surface area contributed by atoms with Crippen molar-refractivity contribution in [2.75, 3.05) is 6.54 Å². The predicted molar refractivity (Wildman–Crippen MR) is 34.8 cm³/mol. The minimum absolute atomic E-state index is 0.0893. The van der Waals surface area contributed by atoms with Gasteiger partial charge >= 0.3 is 0 Å². The van der Waals surface area contributed by atoms with Crippen LogP contribution in [-0.4, -0.2) is 16.9 Å². The second-order valence-electron chi connectivity index (χ2n) is 1.47. The quantitative estimate of drug-likeness (QED) is 0.334. The molecular formula is C4H10ClN3. The number of hydrogen-bond donors (Lipinski definition) is 2. The molecule has 0 saturated carbocycles. The zero-order valence-electron chi connectivity index (χ0n) is 4.82. The van der Waals surface area contributed by atoms with Crippen LogP contribution in [0.4, 0.5) is 0 Å². The van der Waals surface area contributed by atoms with E-state index < -0.39 is 0 Å². The Balaban J connectivity index is 3.32. The van der Waals surface area contributed by atoms with E-state index in [0.717, 1.165) is 6.42 Å². The van der Waals surface area contributed by atoms with Crippen LogP contribution in [0, 0.1) is 5.41 Å². The Kier molecular flexibility index (Phi) is 3.35. The third-order valence-corrected chi connectivity index (χ3v) is 1.03. The third-order valence-electron chi connectivity index (χ3n) is 0.681. The van der Waals surface area contributed by atoms with Gasteiger partial charge in [-0.15, -0.1) is 0 Å². The fourth-order valence-electron chi connectivity index (χ4n) is 0.317. The molecule has 8 heavy (non-hydrogen) atoms. The summed E-state index contributed by atoms with van der Waals surface area (Å²) in [7, 11) is 0. The summed E-state index contributed by atoms with van der Waals surface area (Å²) in [5.41, 5.74) is 5.00. The summed E-state index contributed by atoms with van der Waals surface area (Å²) in [6.07, 6.45) is 0.906. The molecule has 0 fully saturated rings. The molecule has 0 aromatic rings. The van der Waals surface area contributed by atoms with Gasteiger partial charge in [-0.25, -0.2) is 0 Å². The van der Waals surface area contributed by atoms with Gasteiger partial charge in [0.05, 0.1) is 0 Å². The number of nitrogens with one attached hydrogen (secondary N) is 1. The van der Waals surface area contributed by atoms with E-state index in [9.17, 15) is 0 Å². The summed E-state index contributed by atoms with van der Waals surface area (Å²) in [6.45, 7) is 2.61. The van der Waals surface area contributed by atoms with Crippen LogP contribution in [0.1, 0.15) is 13.3 Å². The van der Waals surface area contributed by atoms with Gasteiger partial charge in [0.15, 0.2) is 0 Å². The Labute approximate surface area is 54.0 Å². The van der Waals surface area contributed by atoms with Gasteiger partial charge in [-0.2, -0.15) is 0 Å². The third kappa shape index (κ3) is 2.69. The van der Waals surface area contributed by atoms with Crippen LogP contribution in [0.15, 0.2) is 0 Å². The summed E-state index contributed by atoms with van der Waals surface area (Å²) in [5, 5.41) is 6.78. The predicted octanol–water partition coefficient (Wildman–Crippen LogP) is 0.746. The fourth-order valence-corrected chi connectivity index (χ4v) is 0.486. The van der Waals surface area contributed by atoms with E-state index in [1.54, 1.807) is 0 Å². The van der Waals surface area contributed by atoms with Gasteiger partial charge < -0.3 is 5.73 Å². The van der Waals surface area contributed by atoms with Gasteiger partial charge in [-0.05, 0) is 6.42 Å². The van der Waals surface area contributed by atoms with Gasteiger partial charge in [0.25, 0.3) is 0 Å². The molecule has 4 heteroatoms. The highest BCUT2D eigenvalue weighted by molar-refractivity contribution is 6.21. The van der Waals surface area contributed by atoms with E-state index in [-0.39, 0.29) is 5.96 Å². The molecule has 48 valence electrons. The van der Waals surface area contributed by atoms with Crippen molar-refractivity contribution in [2.24, 2.45) is 5.73 Å². The maximum Gasteiger partial charge on any atom is 0.203 e. The zero-order chi connectivity index (χ0) is 6.57. The summed E-state index contributed by atoms with van der Waals surface area (Å²) < 4.78 is 1.18. The van der Waals surface area contributed by atoms with Crippen LogP contribution in [-0.2, 0) is 0 Å². The van der Waals surface area contributed by atoms with E-state index in [1.165, 1.54) is 4.42 Å². The molecule has 0 aliphatic carbocycles. The SMILES string of the molecule is CCCN(Cl)C(=N)N. The molecular weight excluding hydrogens is 126 g/mol. The van der Waals surface area contributed by atoms with Crippen molar-refractivity contribution in [3.05, 3.63) is 0 Å². The fraction of sp³-hybridized carbons (Fsp3) is 0.750. The standard InChI is InChI=1S/C4H10ClN3/c1-2-3-8(5)4(6)7/h2-3H2,1H3,(H3,6,7). The maximum atomic E-state index is 6.78. The molecule has 3 nitrogen and oxygen atoms in total. The van der Waals surface area contributed by atoms with Gasteiger partial charge in [-0.1, -0.05) is 6.92 Å². The molecule has 0 aromatic carbocycles. The van der Waals surface area contributed by atoms with Crippen molar-refractivity contribution in [2.45, 2.75) is 13.3 Å². The Hall–Kier alpha value is -0.440. The van der Waals surface area contributed by atoms with E-state index in [1.807, 2.05) is 6.92 Å². The summed E-state index contributed by atoms with van der Waals surface area (Å²) in [6, 6.07) is 0. The van der Waals surface area contributed by atoms with E-state index in [2.05, 4.69) is 0 Å². The number of guanidine groups is 1. The highest BCUT2D eigenvalue weighted by Gasteiger charge is 1.96. The molecule has 0 radical (unpaired) electrons. The Morgan fingerprint density at radius 1 is 1.88 bits per heavy atom. The van der Waals surface area contributed by atoms with E-state index >= 15 is 0 Å². The molecule has 0 rings (SSSR count). The second-order valence-corrected chi connectivity index (χ2v) is 1.88. The van der Waals surface area contributed by atoms with Crippen LogP contribution in [0.3, 0.4) is 0 Å². The molecule has 0 bridgehead atoms. The lowest BCUT2D eigenvalue weighted by Crippen LogP contribution is -2.28. The van der Waals surface area contributed by atoms with Crippen LogP contribution < -0.4 is 5.73 Å². The largest absolute Gasteiger partial charge is 0.369 e. The Morgan fingerprint density at radius 2 is 2.38 bits per heavy atom. The van der Waals surface area contributed by atoms with E-state index in [0.29, 0.717) is 6.54 Å². The normalized spacial score (nSPS) is 8.75. The molecule has 0 saturated heterocycles. The van der Waals surface area contributed by atoms with Crippen LogP contribution in [0.5, 0.6) is 0 Å². The number of nitrogens with two attached hydrogens (primary N) is 1. The Morgan fingerprint density at radius 3 is 2.50 bits per heavy atom. The van der Waals surface area contributed by atoms with Crippen LogP contribution in [0.25, 0.3) is 0 Å². The van der Waals surface area contributed by atoms with Crippen molar-refractivity contribution >= 4 is 17.7 Å². The molecule has 0 atom stereocenters. The highest BCUT2D eigenvalue weighted by Crippen LogP contribution is 1.92. The minimum atomic E-state index is -0.0893. The maximum absolute atomic E-state index is 6.78. The lowest BCUT2D eigenvalue weighted by Gasteiger charge is -2.09. The smallest absolute Gasteiger partial charge is 0.203 e. The minimum Gasteiger partial charge on any atom is -0.369 e. The van der Waals surface area contributed by atoms with Crippen LogP contribution >= 0.6 is 11.8 Å². The topological polar surface area (TPSA) is 53.1 Å². The number of halogens is 1. The van der Waals surface area contributed by atoms with Gasteiger partial charge in [0, 0.05) is 18.3 Å². The van der Waals surface area contributed by atoms with Gasteiger partial charge in [-0.3, -0.25) is 9.83 Å². The first-order chi connectivity index (χ1) is 3.68. The number of hydrogen-bond acceptors (Lipinski definition) is 1. The molecule has 0 aromatic heterocycles. The molecule has 0 unspecified atom stereocenters. The average Bonchev–Trinajstić information content (AvgIpc) is 1.67. The van der Waals surface area contributed by atoms with Crippen molar-refractivity contribution in [1.29, 1.82) is 5.41 Å². The lowest BCUT2D eigenvalue weighted by molar-refractivity contribution is 0.626. The first kappa shape index (κ1) is 7.56. The van der Waals surface area contributed by atoms with E-state index in [4.69, 9.17) is 22.9 Å². The molecule has 0 amide bonds.